The molecule has 116 valence electrons. The monoisotopic (exact) mass is 325 g/mol. The molecule has 4 rings (SSSR count). The number of benzene rings is 2. The van der Waals surface area contributed by atoms with Crippen molar-refractivity contribution < 1.29 is 4.79 Å². The third-order valence-corrected chi connectivity index (χ3v) is 4.88. The number of anilines is 1. The van der Waals surface area contributed by atoms with Crippen LogP contribution in [-0.4, -0.2) is 15.9 Å². The fourth-order valence-corrected chi connectivity index (χ4v) is 3.39. The van der Waals surface area contributed by atoms with Gasteiger partial charge in [-0.3, -0.25) is 10.1 Å². The second-order valence-corrected chi connectivity index (χ2v) is 6.44. The smallest absolute Gasteiger partial charge is 0.237 e. The molecule has 1 heterocycles. The molecule has 0 radical (unpaired) electrons. The number of hydrogen-bond donors (Lipinski definition) is 2. The molecule has 0 atom stereocenters. The Morgan fingerprint density at radius 3 is 2.70 bits per heavy atom. The van der Waals surface area contributed by atoms with E-state index in [9.17, 15) is 4.79 Å². The molecule has 1 aliphatic carbocycles. The number of H-pyrrole nitrogens is 1. The van der Waals surface area contributed by atoms with Crippen LogP contribution in [0.2, 0.25) is 5.02 Å². The summed E-state index contributed by atoms with van der Waals surface area (Å²) < 4.78 is 0. The molecule has 1 fully saturated rings. The molecular weight excluding hydrogens is 310 g/mol. The first kappa shape index (κ1) is 14.3. The summed E-state index contributed by atoms with van der Waals surface area (Å²) in [6.07, 6.45) is 2.71. The maximum Gasteiger partial charge on any atom is 0.237 e. The van der Waals surface area contributed by atoms with Gasteiger partial charge in [0.25, 0.3) is 0 Å². The van der Waals surface area contributed by atoms with Gasteiger partial charge in [-0.25, -0.2) is 4.98 Å². The normalized spacial score (nSPS) is 16.0. The van der Waals surface area contributed by atoms with Gasteiger partial charge in [0.15, 0.2) is 0 Å². The van der Waals surface area contributed by atoms with E-state index in [4.69, 9.17) is 11.6 Å². The third kappa shape index (κ3) is 2.39. The van der Waals surface area contributed by atoms with Crippen molar-refractivity contribution in [2.75, 3.05) is 5.32 Å². The van der Waals surface area contributed by atoms with Crippen molar-refractivity contribution in [3.8, 4) is 0 Å². The molecule has 0 saturated heterocycles. The minimum absolute atomic E-state index is 0.0231. The lowest BCUT2D eigenvalue weighted by molar-refractivity contribution is -0.124. The van der Waals surface area contributed by atoms with Crippen molar-refractivity contribution in [3.05, 3.63) is 59.1 Å². The van der Waals surface area contributed by atoms with E-state index in [1.54, 1.807) is 0 Å². The van der Waals surface area contributed by atoms with E-state index in [1.807, 2.05) is 48.5 Å². The van der Waals surface area contributed by atoms with Crippen molar-refractivity contribution in [2.45, 2.75) is 24.7 Å². The number of aromatic nitrogens is 2. The van der Waals surface area contributed by atoms with E-state index >= 15 is 0 Å². The van der Waals surface area contributed by atoms with Crippen LogP contribution in [0.4, 0.5) is 5.95 Å². The standard InChI is InChI=1S/C18H16ClN3O/c19-13-6-3-5-12(11-13)18(9-4-10-18)16(23)22-17-20-14-7-1-2-8-15(14)21-17/h1-3,5-8,11H,4,9-10H2,(H2,20,21,22,23). The molecule has 0 aliphatic heterocycles. The quantitative estimate of drug-likeness (QED) is 0.755. The Morgan fingerprint density at radius 2 is 2.00 bits per heavy atom. The molecule has 23 heavy (non-hydrogen) atoms. The van der Waals surface area contributed by atoms with E-state index in [1.165, 1.54) is 0 Å². The van der Waals surface area contributed by atoms with Crippen molar-refractivity contribution in [1.29, 1.82) is 0 Å². The van der Waals surface area contributed by atoms with E-state index in [-0.39, 0.29) is 5.91 Å². The fraction of sp³-hybridized carbons (Fsp3) is 0.222. The zero-order valence-electron chi connectivity index (χ0n) is 12.5. The Kier molecular flexibility index (Phi) is 3.34. The van der Waals surface area contributed by atoms with Gasteiger partial charge in [-0.2, -0.15) is 0 Å². The predicted molar refractivity (Wildman–Crippen MR) is 91.7 cm³/mol. The summed E-state index contributed by atoms with van der Waals surface area (Å²) in [5, 5.41) is 3.60. The second-order valence-electron chi connectivity index (χ2n) is 6.00. The number of hydrogen-bond acceptors (Lipinski definition) is 2. The number of carbonyl (C=O) groups excluding carboxylic acids is 1. The molecule has 2 N–H and O–H groups in total. The van der Waals surface area contributed by atoms with Gasteiger partial charge in [0.1, 0.15) is 0 Å². The molecule has 0 unspecified atom stereocenters. The van der Waals surface area contributed by atoms with Crippen LogP contribution in [0.3, 0.4) is 0 Å². The maximum absolute atomic E-state index is 12.9. The first-order chi connectivity index (χ1) is 11.2. The molecule has 5 heteroatoms. The number of amides is 1. The first-order valence-corrected chi connectivity index (χ1v) is 8.07. The van der Waals surface area contributed by atoms with Gasteiger partial charge < -0.3 is 4.98 Å². The predicted octanol–water partition coefficient (Wildman–Crippen LogP) is 4.28. The number of nitrogens with one attached hydrogen (secondary N) is 2. The van der Waals surface area contributed by atoms with Crippen LogP contribution in [0.5, 0.6) is 0 Å². The van der Waals surface area contributed by atoms with Gasteiger partial charge in [-0.1, -0.05) is 42.3 Å². The average Bonchev–Trinajstić information content (AvgIpc) is 2.88. The van der Waals surface area contributed by atoms with Gasteiger partial charge in [0.05, 0.1) is 16.4 Å². The van der Waals surface area contributed by atoms with Crippen LogP contribution in [0.15, 0.2) is 48.5 Å². The van der Waals surface area contributed by atoms with Gasteiger partial charge in [0, 0.05) is 5.02 Å². The highest BCUT2D eigenvalue weighted by Crippen LogP contribution is 2.45. The maximum atomic E-state index is 12.9. The molecule has 4 nitrogen and oxygen atoms in total. The molecule has 0 spiro atoms. The van der Waals surface area contributed by atoms with E-state index in [0.717, 1.165) is 35.9 Å². The molecule has 1 amide bonds. The van der Waals surface area contributed by atoms with Crippen LogP contribution >= 0.6 is 11.6 Å². The van der Waals surface area contributed by atoms with Crippen LogP contribution in [0.25, 0.3) is 11.0 Å². The summed E-state index contributed by atoms with van der Waals surface area (Å²) in [5.74, 6) is 0.467. The minimum Gasteiger partial charge on any atom is -0.324 e. The number of aromatic amines is 1. The highest BCUT2D eigenvalue weighted by atomic mass is 35.5. The summed E-state index contributed by atoms with van der Waals surface area (Å²) in [5.41, 5.74) is 2.23. The average molecular weight is 326 g/mol. The topological polar surface area (TPSA) is 57.8 Å². The Morgan fingerprint density at radius 1 is 1.17 bits per heavy atom. The number of fused-ring (bicyclic) bond motifs is 1. The number of imidazole rings is 1. The zero-order valence-corrected chi connectivity index (χ0v) is 13.2. The number of halogens is 1. The second kappa shape index (κ2) is 5.39. The molecule has 2 aromatic carbocycles. The van der Waals surface area contributed by atoms with Gasteiger partial charge >= 0.3 is 0 Å². The number of nitrogens with zero attached hydrogens (tertiary/aromatic N) is 1. The largest absolute Gasteiger partial charge is 0.324 e. The lowest BCUT2D eigenvalue weighted by atomic mass is 9.64. The van der Waals surface area contributed by atoms with Gasteiger partial charge in [0.2, 0.25) is 11.9 Å². The van der Waals surface area contributed by atoms with E-state index in [2.05, 4.69) is 15.3 Å². The number of para-hydroxylation sites is 2. The fourth-order valence-electron chi connectivity index (χ4n) is 3.20. The Bertz CT molecular complexity index is 850. The van der Waals surface area contributed by atoms with Gasteiger partial charge in [-0.05, 0) is 42.7 Å². The lowest BCUT2D eigenvalue weighted by Gasteiger charge is -2.40. The first-order valence-electron chi connectivity index (χ1n) is 7.70. The highest BCUT2D eigenvalue weighted by Gasteiger charge is 2.45. The van der Waals surface area contributed by atoms with Crippen LogP contribution in [-0.2, 0) is 10.2 Å². The van der Waals surface area contributed by atoms with Crippen molar-refractivity contribution in [1.82, 2.24) is 9.97 Å². The summed E-state index contributed by atoms with van der Waals surface area (Å²) in [6.45, 7) is 0. The number of carbonyl (C=O) groups is 1. The Balaban J connectivity index is 1.64. The summed E-state index contributed by atoms with van der Waals surface area (Å²) in [6, 6.07) is 15.3. The van der Waals surface area contributed by atoms with E-state index < -0.39 is 5.41 Å². The summed E-state index contributed by atoms with van der Waals surface area (Å²) >= 11 is 6.10. The SMILES string of the molecule is O=C(Nc1nc2ccccc2[nH]1)C1(c2cccc(Cl)c2)CCC1. The third-order valence-electron chi connectivity index (χ3n) is 4.64. The summed E-state index contributed by atoms with van der Waals surface area (Å²) in [4.78, 5) is 20.5. The Hall–Kier alpha value is -2.33. The van der Waals surface area contributed by atoms with Crippen LogP contribution < -0.4 is 5.32 Å². The highest BCUT2D eigenvalue weighted by molar-refractivity contribution is 6.30. The molecule has 3 aromatic rings. The Labute approximate surface area is 138 Å². The van der Waals surface area contributed by atoms with Crippen LogP contribution in [0, 0.1) is 0 Å². The zero-order chi connectivity index (χ0) is 15.9. The van der Waals surface area contributed by atoms with Gasteiger partial charge in [-0.15, -0.1) is 0 Å². The molecular formula is C18H16ClN3O. The molecule has 1 saturated carbocycles. The lowest BCUT2D eigenvalue weighted by Crippen LogP contribution is -2.46. The van der Waals surface area contributed by atoms with Crippen molar-refractivity contribution in [3.63, 3.8) is 0 Å². The summed E-state index contributed by atoms with van der Waals surface area (Å²) in [7, 11) is 0. The van der Waals surface area contributed by atoms with Crippen molar-refractivity contribution >= 4 is 34.5 Å². The number of rotatable bonds is 3. The molecule has 0 bridgehead atoms. The van der Waals surface area contributed by atoms with E-state index in [0.29, 0.717) is 11.0 Å². The minimum atomic E-state index is -0.496. The molecule has 1 aliphatic rings. The van der Waals surface area contributed by atoms with Crippen molar-refractivity contribution in [2.24, 2.45) is 0 Å². The van der Waals surface area contributed by atoms with Crippen LogP contribution in [0.1, 0.15) is 24.8 Å². The molecule has 1 aromatic heterocycles.